The molecule has 10 nitrogen and oxygen atoms in total. The van der Waals surface area contributed by atoms with E-state index in [0.717, 1.165) is 39.0 Å². The molecular weight excluding hydrogens is 837 g/mol. The van der Waals surface area contributed by atoms with Crippen molar-refractivity contribution >= 4 is 95.1 Å². The molecule has 0 atom stereocenters. The van der Waals surface area contributed by atoms with Gasteiger partial charge >= 0.3 is 7.12 Å². The fraction of sp³-hybridized carbons (Fsp3) is 0.200. The smallest absolute Gasteiger partial charge is 0.423 e. The van der Waals surface area contributed by atoms with Crippen LogP contribution in [0.4, 0.5) is 25.8 Å². The number of pyridine rings is 2. The predicted molar refractivity (Wildman–Crippen MR) is 219 cm³/mol. The average molecular weight is 872 g/mol. The van der Waals surface area contributed by atoms with Gasteiger partial charge in [0.15, 0.2) is 0 Å². The summed E-state index contributed by atoms with van der Waals surface area (Å²) in [6.45, 7) is 2.47. The van der Waals surface area contributed by atoms with E-state index in [1.165, 1.54) is 12.1 Å². The van der Waals surface area contributed by atoms with Crippen molar-refractivity contribution in [2.45, 2.75) is 10.8 Å². The molecule has 55 heavy (non-hydrogen) atoms. The molecule has 0 unspecified atom stereocenters. The van der Waals surface area contributed by atoms with Crippen molar-refractivity contribution in [1.29, 1.82) is 0 Å². The average Bonchev–Trinajstić information content (AvgIpc) is 3.53. The Balaban J connectivity index is 0.000000142. The van der Waals surface area contributed by atoms with E-state index >= 15 is 0 Å². The number of aromatic nitrogens is 2. The lowest BCUT2D eigenvalue weighted by molar-refractivity contribution is -0.124. The van der Waals surface area contributed by atoms with Crippen LogP contribution in [-0.4, -0.2) is 79.2 Å². The van der Waals surface area contributed by atoms with Crippen LogP contribution in [0.3, 0.4) is 0 Å². The Hall–Kier alpha value is -4.80. The number of rotatable bonds is 2. The molecule has 0 saturated carbocycles. The summed E-state index contributed by atoms with van der Waals surface area (Å²) >= 11 is 6.48. The number of benzene rings is 4. The van der Waals surface area contributed by atoms with Crippen LogP contribution in [-0.2, 0) is 20.4 Å². The maximum atomic E-state index is 14.0. The SMILES string of the molecule is CN1C(=O)C2(CN(c3ccccc3)C2)c2c1cnc1cc(F)c(Br)cc21.CN1C(=O)C2(CNC2)c2c1cnc1cc(F)c(Br)cc21.OB(O)c1ccccc1.[HH]. The van der Waals surface area contributed by atoms with Crippen LogP contribution in [0.2, 0.25) is 0 Å². The molecule has 0 aliphatic carbocycles. The van der Waals surface area contributed by atoms with Crippen LogP contribution >= 0.6 is 31.9 Å². The zero-order chi connectivity index (χ0) is 38.8. The molecule has 2 saturated heterocycles. The van der Waals surface area contributed by atoms with Gasteiger partial charge in [0, 0.05) is 81.4 Å². The minimum absolute atomic E-state index is 0. The quantitative estimate of drug-likeness (QED) is 0.197. The summed E-state index contributed by atoms with van der Waals surface area (Å²) < 4.78 is 28.4. The molecule has 2 spiro atoms. The van der Waals surface area contributed by atoms with E-state index in [4.69, 9.17) is 10.0 Å². The third-order valence-corrected chi connectivity index (χ3v) is 12.1. The van der Waals surface area contributed by atoms with E-state index in [9.17, 15) is 18.4 Å². The maximum Gasteiger partial charge on any atom is 0.488 e. The number of halogens is 4. The summed E-state index contributed by atoms with van der Waals surface area (Å²) in [4.78, 5) is 39.9. The zero-order valence-electron chi connectivity index (χ0n) is 29.6. The Morgan fingerprint density at radius 2 is 1.18 bits per heavy atom. The van der Waals surface area contributed by atoms with E-state index in [1.807, 2.05) is 36.4 Å². The number of likely N-dealkylation sites (N-methyl/N-ethyl adjacent to an activating group) is 2. The Morgan fingerprint density at radius 3 is 1.62 bits per heavy atom. The highest BCUT2D eigenvalue weighted by Gasteiger charge is 2.58. The van der Waals surface area contributed by atoms with Crippen molar-refractivity contribution in [3.05, 3.63) is 129 Å². The first kappa shape index (κ1) is 37.1. The first-order valence-electron chi connectivity index (χ1n) is 17.4. The summed E-state index contributed by atoms with van der Waals surface area (Å²) in [5.74, 6) is -0.532. The number of fused-ring (bicyclic) bond motifs is 8. The molecule has 10 rings (SSSR count). The van der Waals surface area contributed by atoms with Gasteiger partial charge in [0.2, 0.25) is 11.8 Å². The first-order valence-corrected chi connectivity index (χ1v) is 19.0. The number of carbonyl (C=O) groups is 2. The molecule has 4 aromatic carbocycles. The van der Waals surface area contributed by atoms with Crippen molar-refractivity contribution < 1.29 is 29.8 Å². The van der Waals surface area contributed by atoms with E-state index in [2.05, 4.69) is 52.0 Å². The van der Waals surface area contributed by atoms with Crippen LogP contribution in [0.1, 0.15) is 12.6 Å². The van der Waals surface area contributed by atoms with Crippen molar-refractivity contribution in [3.8, 4) is 0 Å². The third kappa shape index (κ3) is 6.00. The van der Waals surface area contributed by atoms with Gasteiger partial charge < -0.3 is 30.1 Å². The highest BCUT2D eigenvalue weighted by Crippen LogP contribution is 2.51. The molecule has 6 heterocycles. The molecule has 2 fully saturated rings. The Kier molecular flexibility index (Phi) is 9.49. The third-order valence-electron chi connectivity index (χ3n) is 10.9. The van der Waals surface area contributed by atoms with Crippen molar-refractivity contribution in [2.24, 2.45) is 0 Å². The van der Waals surface area contributed by atoms with Gasteiger partial charge in [-0.15, -0.1) is 0 Å². The van der Waals surface area contributed by atoms with Crippen LogP contribution in [0.25, 0.3) is 21.8 Å². The largest absolute Gasteiger partial charge is 0.488 e. The molecule has 0 radical (unpaired) electrons. The second kappa shape index (κ2) is 14.1. The van der Waals surface area contributed by atoms with Gasteiger partial charge in [0.05, 0.1) is 43.7 Å². The number of carbonyl (C=O) groups excluding carboxylic acids is 2. The Morgan fingerprint density at radius 1 is 0.727 bits per heavy atom. The fourth-order valence-corrected chi connectivity index (χ4v) is 8.68. The van der Waals surface area contributed by atoms with Gasteiger partial charge in [0.25, 0.3) is 0 Å². The van der Waals surface area contributed by atoms with Crippen LogP contribution < -0.4 is 25.5 Å². The molecule has 280 valence electrons. The molecule has 15 heteroatoms. The highest BCUT2D eigenvalue weighted by atomic mass is 79.9. The maximum absolute atomic E-state index is 14.0. The zero-order valence-corrected chi connectivity index (χ0v) is 32.8. The number of para-hydroxylation sites is 1. The number of hydrogen-bond acceptors (Lipinski definition) is 8. The van der Waals surface area contributed by atoms with Crippen molar-refractivity contribution in [1.82, 2.24) is 15.3 Å². The standard InChI is InChI=1S/C20H15BrFN3O.C14H11BrFN3O.C6H7BO2.H2/c1-24-17-9-23-16-8-15(22)14(21)7-13(16)18(17)20(19(24)26)10-25(11-20)12-5-3-2-4-6-12;1-19-11-4-18-10-3-9(16)8(15)2-7(10)12(11)14(13(19)20)5-17-6-14;8-7(9)6-4-2-1-3-5-6;/h2-9H,10-11H2,1H3;2-4,17H,5-6H2,1H3;1-5,8-9H;1H. The van der Waals surface area contributed by atoms with E-state index in [1.54, 1.807) is 72.7 Å². The van der Waals surface area contributed by atoms with Crippen LogP contribution in [0, 0.1) is 11.6 Å². The van der Waals surface area contributed by atoms with Crippen molar-refractivity contribution in [3.63, 3.8) is 0 Å². The van der Waals surface area contributed by atoms with E-state index < -0.39 is 17.9 Å². The summed E-state index contributed by atoms with van der Waals surface area (Å²) in [5, 5.41) is 22.0. The topological polar surface area (TPSA) is 122 Å². The second-order valence-corrected chi connectivity index (χ2v) is 15.8. The van der Waals surface area contributed by atoms with Crippen LogP contribution in [0.15, 0.2) is 106 Å². The molecular formula is C40H35BBr2F2N6O4. The van der Waals surface area contributed by atoms with Gasteiger partial charge in [-0.3, -0.25) is 19.6 Å². The monoisotopic (exact) mass is 870 g/mol. The minimum Gasteiger partial charge on any atom is -0.423 e. The normalized spacial score (nSPS) is 17.0. The molecule has 6 aromatic rings. The Labute approximate surface area is 333 Å². The lowest BCUT2D eigenvalue weighted by Gasteiger charge is -2.48. The number of hydrogen-bond donors (Lipinski definition) is 3. The minimum atomic E-state index is -1.34. The van der Waals surface area contributed by atoms with Gasteiger partial charge in [-0.1, -0.05) is 48.5 Å². The number of nitrogens with one attached hydrogen (secondary N) is 1. The molecule has 4 aliphatic rings. The summed E-state index contributed by atoms with van der Waals surface area (Å²) in [6, 6.07) is 25.0. The summed E-state index contributed by atoms with van der Waals surface area (Å²) in [7, 11) is 2.21. The molecule has 3 N–H and O–H groups in total. The van der Waals surface area contributed by atoms with Gasteiger partial charge in [-0.2, -0.15) is 0 Å². The summed E-state index contributed by atoms with van der Waals surface area (Å²) in [5.41, 5.74) is 5.24. The highest BCUT2D eigenvalue weighted by molar-refractivity contribution is 9.10. The first-order chi connectivity index (χ1) is 26.4. The van der Waals surface area contributed by atoms with E-state index in [-0.39, 0.29) is 24.9 Å². The molecule has 0 bridgehead atoms. The summed E-state index contributed by atoms with van der Waals surface area (Å²) in [6.07, 6.45) is 3.35. The lowest BCUT2D eigenvalue weighted by Crippen LogP contribution is -2.64. The van der Waals surface area contributed by atoms with E-state index in [0.29, 0.717) is 51.6 Å². The number of amides is 2. The van der Waals surface area contributed by atoms with Crippen molar-refractivity contribution in [2.75, 3.05) is 55.0 Å². The second-order valence-electron chi connectivity index (χ2n) is 14.1. The number of anilines is 3. The molecule has 4 aliphatic heterocycles. The van der Waals surface area contributed by atoms with Crippen LogP contribution in [0.5, 0.6) is 0 Å². The van der Waals surface area contributed by atoms with Gasteiger partial charge in [-0.25, -0.2) is 8.78 Å². The van der Waals surface area contributed by atoms with Gasteiger partial charge in [0.1, 0.15) is 22.5 Å². The lowest BCUT2D eigenvalue weighted by atomic mass is 9.73. The fourth-order valence-electron chi connectivity index (χ4n) is 7.99. The Bertz CT molecular complexity index is 2510. The predicted octanol–water partition coefficient (Wildman–Crippen LogP) is 5.44. The number of nitrogens with zero attached hydrogens (tertiary/aromatic N) is 5. The molecule has 2 aromatic heterocycles. The van der Waals surface area contributed by atoms with Gasteiger partial charge in [-0.05, 0) is 61.6 Å². The molecule has 2 amide bonds.